The van der Waals surface area contributed by atoms with Gasteiger partial charge in [-0.3, -0.25) is 0 Å². The first-order valence-electron chi connectivity index (χ1n) is 7.13. The van der Waals surface area contributed by atoms with Gasteiger partial charge in [0.25, 0.3) is 0 Å². The Hall–Kier alpha value is -0.870. The molecule has 1 fully saturated rings. The van der Waals surface area contributed by atoms with Crippen molar-refractivity contribution < 1.29 is 19.7 Å². The minimum atomic E-state index is -0.480. The number of carbonyl (C=O) groups is 1. The van der Waals surface area contributed by atoms with Crippen molar-refractivity contribution in [1.29, 1.82) is 0 Å². The lowest BCUT2D eigenvalue weighted by molar-refractivity contribution is -0.136. The number of aliphatic hydroxyl groups is 2. The first-order chi connectivity index (χ1) is 8.95. The lowest BCUT2D eigenvalue weighted by Gasteiger charge is -2.27. The van der Waals surface area contributed by atoms with Gasteiger partial charge in [-0.05, 0) is 41.6 Å². The van der Waals surface area contributed by atoms with E-state index < -0.39 is 6.10 Å². The highest BCUT2D eigenvalue weighted by molar-refractivity contribution is 5.92. The third-order valence-electron chi connectivity index (χ3n) is 5.48. The lowest BCUT2D eigenvalue weighted by Crippen LogP contribution is -2.27. The second-order valence-electron chi connectivity index (χ2n) is 6.86. The summed E-state index contributed by atoms with van der Waals surface area (Å²) in [6.45, 7) is 4.72. The molecule has 1 aliphatic heterocycles. The Labute approximate surface area is 113 Å². The second-order valence-corrected chi connectivity index (χ2v) is 6.86. The molecule has 0 spiro atoms. The van der Waals surface area contributed by atoms with Crippen molar-refractivity contribution in [3.8, 4) is 0 Å². The van der Waals surface area contributed by atoms with Gasteiger partial charge in [-0.2, -0.15) is 0 Å². The molecule has 0 bridgehead atoms. The molecule has 4 heteroatoms. The van der Waals surface area contributed by atoms with Gasteiger partial charge in [-0.15, -0.1) is 0 Å². The standard InChI is InChI=1S/C15H22O4/c1-8-10-4-15(2,7-16)5-11(10)12-6-19-14(18)9(12)3-13(8)17/h8,10-11,13,16-17H,3-7H2,1-2H3/t8-,10+,11-,13+,15+/m0/s1. The Bertz CT molecular complexity index is 441. The van der Waals surface area contributed by atoms with Gasteiger partial charge in [-0.1, -0.05) is 13.8 Å². The van der Waals surface area contributed by atoms with Gasteiger partial charge >= 0.3 is 5.97 Å². The number of cyclic esters (lactones) is 1. The van der Waals surface area contributed by atoms with Crippen LogP contribution in [-0.4, -0.2) is 35.5 Å². The summed E-state index contributed by atoms with van der Waals surface area (Å²) in [5.74, 6) is 0.538. The Morgan fingerprint density at radius 1 is 1.42 bits per heavy atom. The molecular weight excluding hydrogens is 244 g/mol. The number of esters is 1. The molecule has 1 heterocycles. The van der Waals surface area contributed by atoms with Crippen molar-refractivity contribution in [2.24, 2.45) is 23.2 Å². The van der Waals surface area contributed by atoms with Crippen LogP contribution in [0.15, 0.2) is 11.1 Å². The molecule has 0 radical (unpaired) electrons. The molecule has 3 rings (SSSR count). The quantitative estimate of drug-likeness (QED) is 0.701. The van der Waals surface area contributed by atoms with Crippen LogP contribution >= 0.6 is 0 Å². The maximum Gasteiger partial charge on any atom is 0.334 e. The summed E-state index contributed by atoms with van der Waals surface area (Å²) in [6.07, 6.45) is 1.75. The summed E-state index contributed by atoms with van der Waals surface area (Å²) in [5.41, 5.74) is 1.70. The molecular formula is C15H22O4. The Kier molecular flexibility index (Phi) is 2.98. The zero-order chi connectivity index (χ0) is 13.8. The van der Waals surface area contributed by atoms with Crippen LogP contribution in [0.1, 0.15) is 33.1 Å². The van der Waals surface area contributed by atoms with Crippen LogP contribution in [0, 0.1) is 23.2 Å². The van der Waals surface area contributed by atoms with E-state index in [1.807, 2.05) is 0 Å². The zero-order valence-corrected chi connectivity index (χ0v) is 11.6. The van der Waals surface area contributed by atoms with Gasteiger partial charge in [0.2, 0.25) is 0 Å². The van der Waals surface area contributed by atoms with Crippen molar-refractivity contribution in [3.05, 3.63) is 11.1 Å². The smallest absolute Gasteiger partial charge is 0.334 e. The van der Waals surface area contributed by atoms with Gasteiger partial charge in [-0.25, -0.2) is 4.79 Å². The van der Waals surface area contributed by atoms with Crippen molar-refractivity contribution in [3.63, 3.8) is 0 Å². The summed E-state index contributed by atoms with van der Waals surface area (Å²) in [4.78, 5) is 11.8. The number of rotatable bonds is 1. The largest absolute Gasteiger partial charge is 0.458 e. The van der Waals surface area contributed by atoms with Gasteiger partial charge in [0.15, 0.2) is 0 Å². The second kappa shape index (κ2) is 4.32. The highest BCUT2D eigenvalue weighted by Crippen LogP contribution is 2.54. The van der Waals surface area contributed by atoms with Gasteiger partial charge < -0.3 is 14.9 Å². The van der Waals surface area contributed by atoms with E-state index in [4.69, 9.17) is 4.74 Å². The molecule has 5 atom stereocenters. The van der Waals surface area contributed by atoms with Crippen LogP contribution in [0.2, 0.25) is 0 Å². The van der Waals surface area contributed by atoms with Gasteiger partial charge in [0.05, 0.1) is 6.10 Å². The maximum atomic E-state index is 11.8. The summed E-state index contributed by atoms with van der Waals surface area (Å²) < 4.78 is 5.16. The third-order valence-corrected chi connectivity index (χ3v) is 5.48. The van der Waals surface area contributed by atoms with E-state index in [1.54, 1.807) is 0 Å². The molecule has 0 amide bonds. The summed E-state index contributed by atoms with van der Waals surface area (Å²) in [5, 5.41) is 19.9. The molecule has 2 aliphatic carbocycles. The van der Waals surface area contributed by atoms with E-state index in [0.29, 0.717) is 24.5 Å². The highest BCUT2D eigenvalue weighted by atomic mass is 16.5. The van der Waals surface area contributed by atoms with Crippen molar-refractivity contribution in [2.45, 2.75) is 39.2 Å². The van der Waals surface area contributed by atoms with Crippen molar-refractivity contribution in [1.82, 2.24) is 0 Å². The normalized spacial score (nSPS) is 45.8. The predicted octanol–water partition coefficient (Wildman–Crippen LogP) is 1.27. The molecule has 0 saturated heterocycles. The molecule has 0 aromatic rings. The van der Waals surface area contributed by atoms with E-state index in [1.165, 1.54) is 0 Å². The van der Waals surface area contributed by atoms with Gasteiger partial charge in [0, 0.05) is 18.6 Å². The van der Waals surface area contributed by atoms with E-state index in [-0.39, 0.29) is 29.8 Å². The van der Waals surface area contributed by atoms with Crippen LogP contribution in [0.4, 0.5) is 0 Å². The Morgan fingerprint density at radius 3 is 2.84 bits per heavy atom. The molecule has 0 aromatic carbocycles. The third kappa shape index (κ3) is 1.93. The number of carbonyl (C=O) groups excluding carboxylic acids is 1. The SMILES string of the molecule is C[C@H]1[C@H]2C[C@@](C)(CO)C[C@@H]2C2=C(C[C@H]1O)C(=O)OC2. The molecule has 1 saturated carbocycles. The van der Waals surface area contributed by atoms with Crippen LogP contribution in [0.3, 0.4) is 0 Å². The fourth-order valence-corrected chi connectivity index (χ4v) is 4.21. The summed E-state index contributed by atoms with van der Waals surface area (Å²) in [7, 11) is 0. The minimum Gasteiger partial charge on any atom is -0.458 e. The lowest BCUT2D eigenvalue weighted by atomic mass is 9.80. The van der Waals surface area contributed by atoms with Crippen LogP contribution in [0.25, 0.3) is 0 Å². The molecule has 4 nitrogen and oxygen atoms in total. The molecule has 2 N–H and O–H groups in total. The summed E-state index contributed by atoms with van der Waals surface area (Å²) >= 11 is 0. The predicted molar refractivity (Wildman–Crippen MR) is 69.2 cm³/mol. The van der Waals surface area contributed by atoms with Crippen LogP contribution in [0.5, 0.6) is 0 Å². The van der Waals surface area contributed by atoms with E-state index in [9.17, 15) is 15.0 Å². The van der Waals surface area contributed by atoms with Crippen LogP contribution < -0.4 is 0 Å². The fourth-order valence-electron chi connectivity index (χ4n) is 4.21. The molecule has 0 unspecified atom stereocenters. The number of aliphatic hydroxyl groups excluding tert-OH is 2. The van der Waals surface area contributed by atoms with Crippen molar-refractivity contribution in [2.75, 3.05) is 13.2 Å². The summed E-state index contributed by atoms with van der Waals surface area (Å²) in [6, 6.07) is 0. The van der Waals surface area contributed by atoms with E-state index >= 15 is 0 Å². The number of hydrogen-bond acceptors (Lipinski definition) is 4. The molecule has 3 aliphatic rings. The number of ether oxygens (including phenoxy) is 1. The van der Waals surface area contributed by atoms with Gasteiger partial charge in [0.1, 0.15) is 6.61 Å². The fraction of sp³-hybridized carbons (Fsp3) is 0.800. The first kappa shape index (κ1) is 13.1. The first-order valence-corrected chi connectivity index (χ1v) is 7.13. The van der Waals surface area contributed by atoms with Crippen molar-refractivity contribution >= 4 is 5.97 Å². The zero-order valence-electron chi connectivity index (χ0n) is 11.6. The molecule has 0 aromatic heterocycles. The average Bonchev–Trinajstić information content (AvgIpc) is 2.89. The van der Waals surface area contributed by atoms with E-state index in [2.05, 4.69) is 13.8 Å². The molecule has 19 heavy (non-hydrogen) atoms. The van der Waals surface area contributed by atoms with Crippen LogP contribution in [-0.2, 0) is 9.53 Å². The van der Waals surface area contributed by atoms with E-state index in [0.717, 1.165) is 18.4 Å². The number of hydrogen-bond donors (Lipinski definition) is 2. The highest BCUT2D eigenvalue weighted by Gasteiger charge is 2.50. The topological polar surface area (TPSA) is 66.8 Å². The maximum absolute atomic E-state index is 11.8. The minimum absolute atomic E-state index is 0.0929. The average molecular weight is 266 g/mol. The number of fused-ring (bicyclic) bond motifs is 2. The monoisotopic (exact) mass is 266 g/mol. The molecule has 106 valence electrons. The Morgan fingerprint density at radius 2 is 2.16 bits per heavy atom. The Balaban J connectivity index is 2.00.